The third-order valence-electron chi connectivity index (χ3n) is 3.04. The number of fused-ring (bicyclic) bond motifs is 1. The Hall–Kier alpha value is -1.88. The van der Waals surface area contributed by atoms with Crippen molar-refractivity contribution >= 4 is 22.7 Å². The van der Waals surface area contributed by atoms with E-state index in [0.717, 1.165) is 23.2 Å². The molecule has 1 amide bonds. The minimum Gasteiger partial charge on any atom is -0.441 e. The molecule has 1 aromatic carbocycles. The van der Waals surface area contributed by atoms with Crippen LogP contribution in [0.3, 0.4) is 0 Å². The van der Waals surface area contributed by atoms with Crippen molar-refractivity contribution in [3.8, 4) is 0 Å². The molecule has 1 unspecified atom stereocenters. The highest BCUT2D eigenvalue weighted by Gasteiger charge is 2.08. The van der Waals surface area contributed by atoms with E-state index in [-0.39, 0.29) is 5.91 Å². The molecule has 2 rings (SSSR count). The second kappa shape index (κ2) is 5.84. The van der Waals surface area contributed by atoms with Crippen molar-refractivity contribution in [1.29, 1.82) is 0 Å². The topological polar surface area (TPSA) is 81.2 Å². The zero-order valence-corrected chi connectivity index (χ0v) is 11.3. The standard InChI is InChI=1S/C14H19N3O2/c1-9(8-15)3-6-14(18)17-11-4-5-13-12(7-11)16-10(2)19-13/h4-5,7,9H,3,6,8,15H2,1-2H3,(H,17,18). The van der Waals surface area contributed by atoms with Crippen LogP contribution < -0.4 is 11.1 Å². The first kappa shape index (κ1) is 13.5. The highest BCUT2D eigenvalue weighted by atomic mass is 16.3. The second-order valence-electron chi connectivity index (χ2n) is 4.84. The van der Waals surface area contributed by atoms with E-state index in [4.69, 9.17) is 10.2 Å². The van der Waals surface area contributed by atoms with E-state index >= 15 is 0 Å². The lowest BCUT2D eigenvalue weighted by atomic mass is 10.1. The van der Waals surface area contributed by atoms with Gasteiger partial charge in [-0.2, -0.15) is 0 Å². The van der Waals surface area contributed by atoms with Crippen molar-refractivity contribution in [3.63, 3.8) is 0 Å². The maximum atomic E-state index is 11.8. The smallest absolute Gasteiger partial charge is 0.224 e. The van der Waals surface area contributed by atoms with Crippen LogP contribution in [-0.4, -0.2) is 17.4 Å². The molecule has 0 saturated carbocycles. The molecule has 1 atom stereocenters. The lowest BCUT2D eigenvalue weighted by Gasteiger charge is -2.08. The second-order valence-corrected chi connectivity index (χ2v) is 4.84. The molecule has 19 heavy (non-hydrogen) atoms. The van der Waals surface area contributed by atoms with Crippen LogP contribution in [-0.2, 0) is 4.79 Å². The Balaban J connectivity index is 1.98. The van der Waals surface area contributed by atoms with E-state index in [0.29, 0.717) is 24.8 Å². The van der Waals surface area contributed by atoms with Gasteiger partial charge in [-0.25, -0.2) is 4.98 Å². The van der Waals surface area contributed by atoms with Crippen LogP contribution in [0.5, 0.6) is 0 Å². The Morgan fingerprint density at radius 2 is 2.32 bits per heavy atom. The minimum absolute atomic E-state index is 0.000123. The Morgan fingerprint density at radius 3 is 3.05 bits per heavy atom. The lowest BCUT2D eigenvalue weighted by Crippen LogP contribution is -2.16. The van der Waals surface area contributed by atoms with Gasteiger partial charge in [0.15, 0.2) is 11.5 Å². The molecule has 2 aromatic rings. The molecular weight excluding hydrogens is 242 g/mol. The molecule has 0 bridgehead atoms. The van der Waals surface area contributed by atoms with Gasteiger partial charge in [0.1, 0.15) is 5.52 Å². The van der Waals surface area contributed by atoms with E-state index in [9.17, 15) is 4.79 Å². The van der Waals surface area contributed by atoms with Gasteiger partial charge in [0.25, 0.3) is 0 Å². The van der Waals surface area contributed by atoms with Crippen molar-refractivity contribution in [2.75, 3.05) is 11.9 Å². The van der Waals surface area contributed by atoms with Gasteiger partial charge in [-0.1, -0.05) is 6.92 Å². The van der Waals surface area contributed by atoms with Crippen molar-refractivity contribution in [2.45, 2.75) is 26.7 Å². The molecule has 0 aliphatic heterocycles. The number of oxazole rings is 1. The number of carbonyl (C=O) groups is 1. The number of nitrogens with two attached hydrogens (primary N) is 1. The largest absolute Gasteiger partial charge is 0.441 e. The first-order chi connectivity index (χ1) is 9.08. The average molecular weight is 261 g/mol. The summed E-state index contributed by atoms with van der Waals surface area (Å²) in [7, 11) is 0. The van der Waals surface area contributed by atoms with Gasteiger partial charge in [-0.15, -0.1) is 0 Å². The summed E-state index contributed by atoms with van der Waals surface area (Å²) >= 11 is 0. The van der Waals surface area contributed by atoms with Crippen molar-refractivity contribution in [3.05, 3.63) is 24.1 Å². The van der Waals surface area contributed by atoms with E-state index in [1.165, 1.54) is 0 Å². The number of amides is 1. The number of hydrogen-bond donors (Lipinski definition) is 2. The molecule has 0 spiro atoms. The molecule has 102 valence electrons. The molecule has 1 heterocycles. The number of benzene rings is 1. The molecule has 3 N–H and O–H groups in total. The van der Waals surface area contributed by atoms with Crippen LogP contribution in [0.25, 0.3) is 11.1 Å². The number of hydrogen-bond acceptors (Lipinski definition) is 4. The number of nitrogens with one attached hydrogen (secondary N) is 1. The summed E-state index contributed by atoms with van der Waals surface area (Å²) in [6, 6.07) is 5.45. The fraction of sp³-hybridized carbons (Fsp3) is 0.429. The molecule has 0 fully saturated rings. The first-order valence-corrected chi connectivity index (χ1v) is 6.45. The highest BCUT2D eigenvalue weighted by molar-refractivity contribution is 5.92. The molecule has 5 heteroatoms. The number of anilines is 1. The SMILES string of the molecule is Cc1nc2cc(NC(=O)CCC(C)CN)ccc2o1. The van der Waals surface area contributed by atoms with E-state index < -0.39 is 0 Å². The summed E-state index contributed by atoms with van der Waals surface area (Å²) in [6.45, 7) is 4.45. The van der Waals surface area contributed by atoms with Gasteiger partial charge in [0.2, 0.25) is 5.91 Å². The van der Waals surface area contributed by atoms with Crippen LogP contribution in [0, 0.1) is 12.8 Å². The molecule has 0 aliphatic carbocycles. The van der Waals surface area contributed by atoms with Crippen LogP contribution in [0.1, 0.15) is 25.7 Å². The maximum Gasteiger partial charge on any atom is 0.224 e. The number of aromatic nitrogens is 1. The number of aryl methyl sites for hydroxylation is 1. The van der Waals surface area contributed by atoms with E-state index in [1.807, 2.05) is 25.1 Å². The van der Waals surface area contributed by atoms with Crippen LogP contribution >= 0.6 is 0 Å². The molecule has 0 radical (unpaired) electrons. The Morgan fingerprint density at radius 1 is 1.53 bits per heavy atom. The Bertz CT molecular complexity index is 577. The molecule has 0 aliphatic rings. The summed E-state index contributed by atoms with van der Waals surface area (Å²) in [6.07, 6.45) is 1.28. The summed E-state index contributed by atoms with van der Waals surface area (Å²) < 4.78 is 5.38. The Kier molecular flexibility index (Phi) is 4.16. The van der Waals surface area contributed by atoms with Crippen molar-refractivity contribution in [1.82, 2.24) is 4.98 Å². The number of rotatable bonds is 5. The fourth-order valence-electron chi connectivity index (χ4n) is 1.84. The van der Waals surface area contributed by atoms with Gasteiger partial charge in [-0.3, -0.25) is 4.79 Å². The monoisotopic (exact) mass is 261 g/mol. The Labute approximate surface area is 112 Å². The zero-order chi connectivity index (χ0) is 13.8. The highest BCUT2D eigenvalue weighted by Crippen LogP contribution is 2.20. The average Bonchev–Trinajstić information content (AvgIpc) is 2.75. The van der Waals surface area contributed by atoms with Crippen LogP contribution in [0.15, 0.2) is 22.6 Å². The van der Waals surface area contributed by atoms with Crippen molar-refractivity contribution in [2.24, 2.45) is 11.7 Å². The summed E-state index contributed by atoms with van der Waals surface area (Å²) in [5.74, 6) is 0.988. The molecular formula is C14H19N3O2. The van der Waals surface area contributed by atoms with Gasteiger partial charge in [0, 0.05) is 19.0 Å². The number of nitrogens with zero attached hydrogens (tertiary/aromatic N) is 1. The van der Waals surface area contributed by atoms with Gasteiger partial charge >= 0.3 is 0 Å². The first-order valence-electron chi connectivity index (χ1n) is 6.45. The zero-order valence-electron chi connectivity index (χ0n) is 11.3. The van der Waals surface area contributed by atoms with Gasteiger partial charge in [-0.05, 0) is 37.1 Å². The van der Waals surface area contributed by atoms with Crippen LogP contribution in [0.2, 0.25) is 0 Å². The quantitative estimate of drug-likeness (QED) is 0.866. The summed E-state index contributed by atoms with van der Waals surface area (Å²) in [5, 5.41) is 2.86. The normalized spacial score (nSPS) is 12.6. The minimum atomic E-state index is -0.000123. The van der Waals surface area contributed by atoms with Crippen molar-refractivity contribution < 1.29 is 9.21 Å². The maximum absolute atomic E-state index is 11.8. The predicted octanol–water partition coefficient (Wildman–Crippen LogP) is 2.45. The molecule has 0 saturated heterocycles. The molecule has 1 aromatic heterocycles. The predicted molar refractivity (Wildman–Crippen MR) is 74.8 cm³/mol. The summed E-state index contributed by atoms with van der Waals surface area (Å²) in [5.41, 5.74) is 7.75. The molecule has 5 nitrogen and oxygen atoms in total. The van der Waals surface area contributed by atoms with Gasteiger partial charge in [0.05, 0.1) is 0 Å². The third kappa shape index (κ3) is 3.54. The number of carbonyl (C=O) groups excluding carboxylic acids is 1. The van der Waals surface area contributed by atoms with Gasteiger partial charge < -0.3 is 15.5 Å². The van der Waals surface area contributed by atoms with Crippen LogP contribution in [0.4, 0.5) is 5.69 Å². The fourth-order valence-corrected chi connectivity index (χ4v) is 1.84. The summed E-state index contributed by atoms with van der Waals surface area (Å²) in [4.78, 5) is 16.0. The van der Waals surface area contributed by atoms with E-state index in [2.05, 4.69) is 10.3 Å². The lowest BCUT2D eigenvalue weighted by molar-refractivity contribution is -0.116. The third-order valence-corrected chi connectivity index (χ3v) is 3.04. The van der Waals surface area contributed by atoms with E-state index in [1.54, 1.807) is 6.92 Å².